The van der Waals surface area contributed by atoms with Crippen molar-refractivity contribution in [3.8, 4) is 101 Å². The van der Waals surface area contributed by atoms with E-state index in [2.05, 4.69) is 234 Å². The van der Waals surface area contributed by atoms with Crippen LogP contribution in [0.5, 0.6) is 0 Å². The van der Waals surface area contributed by atoms with Gasteiger partial charge in [0.15, 0.2) is 0 Å². The van der Waals surface area contributed by atoms with Crippen molar-refractivity contribution in [2.24, 2.45) is 0 Å². The fraction of sp³-hybridized carbons (Fsp3) is 0. The number of halogens is 1. The van der Waals surface area contributed by atoms with Crippen molar-refractivity contribution in [2.45, 2.75) is 0 Å². The summed E-state index contributed by atoms with van der Waals surface area (Å²) < 4.78 is 12.9. The molecule has 0 amide bonds. The van der Waals surface area contributed by atoms with Gasteiger partial charge in [-0.05, 0) is 188 Å². The van der Waals surface area contributed by atoms with E-state index in [1.54, 1.807) is 12.1 Å². The Morgan fingerprint density at radius 2 is 0.450 bits per heavy atom. The Morgan fingerprint density at radius 3 is 0.790 bits per heavy atom. The van der Waals surface area contributed by atoms with Crippen LogP contribution in [0.1, 0.15) is 0 Å². The lowest BCUT2D eigenvalue weighted by Crippen LogP contribution is -2.31. The minimum Gasteiger partial charge on any atom is -0.423 e. The van der Waals surface area contributed by atoms with Crippen LogP contribution >= 0.6 is 15.9 Å². The molecule has 100 heavy (non-hydrogen) atoms. The molecule has 12 heteroatoms. The molecule has 0 unspecified atom stereocenters. The molecule has 0 radical (unpaired) electrons. The molecule has 16 rings (SSSR count). The molecule has 480 valence electrons. The van der Waals surface area contributed by atoms with Gasteiger partial charge < -0.3 is 28.7 Å². The van der Waals surface area contributed by atoms with Crippen molar-refractivity contribution in [3.63, 3.8) is 0 Å². The van der Waals surface area contributed by atoms with Crippen LogP contribution in [-0.4, -0.2) is 37.6 Å². The van der Waals surface area contributed by atoms with E-state index >= 15 is 0 Å². The number of anilines is 6. The minimum absolute atomic E-state index is 0.498. The molecule has 14 aromatic carbocycles. The van der Waals surface area contributed by atoms with E-state index in [0.29, 0.717) is 29.0 Å². The minimum atomic E-state index is -1.50. The van der Waals surface area contributed by atoms with Crippen molar-refractivity contribution < 1.29 is 18.9 Å². The molecule has 0 aliphatic rings. The third-order valence-corrected chi connectivity index (χ3v) is 17.7. The number of para-hydroxylation sites is 4. The van der Waals surface area contributed by atoms with E-state index in [4.69, 9.17) is 8.83 Å². The van der Waals surface area contributed by atoms with Gasteiger partial charge in [-0.1, -0.05) is 265 Å². The van der Waals surface area contributed by atoms with Crippen LogP contribution in [0, 0.1) is 0 Å². The van der Waals surface area contributed by atoms with E-state index in [-0.39, 0.29) is 0 Å². The Labute approximate surface area is 590 Å². The molecule has 2 N–H and O–H groups in total. The fourth-order valence-electron chi connectivity index (χ4n) is 12.1. The maximum absolute atomic E-state index is 9.65. The average Bonchev–Trinajstić information content (AvgIpc) is 1.14. The molecule has 0 saturated heterocycles. The van der Waals surface area contributed by atoms with Gasteiger partial charge in [-0.2, -0.15) is 0 Å². The number of aromatic nitrogens is 4. The lowest BCUT2D eigenvalue weighted by Gasteiger charge is -2.25. The molecule has 2 aromatic heterocycles. The van der Waals surface area contributed by atoms with Gasteiger partial charge in [-0.15, -0.1) is 20.4 Å². The number of hydrogen-bond acceptors (Lipinski definition) is 10. The highest BCUT2D eigenvalue weighted by Crippen LogP contribution is 2.42. The SMILES string of the molecule is Brc1ccccc1-c1ccc(-c2nnc(-c3ccccc3)o2)cc1.OB(O)c1ccccc1-c1ccc(N(c2ccccc2)c2ccccc2)cc1.c1ccc(-c2nnc(-c3ccc(-c4ccccc4-c4ccccc4-c4ccc(N(c5ccccc5)c5ccccc5)cc4)cc3)o2)cc1. The third kappa shape index (κ3) is 15.0. The van der Waals surface area contributed by atoms with Crippen LogP contribution in [-0.2, 0) is 0 Å². The maximum atomic E-state index is 9.65. The highest BCUT2D eigenvalue weighted by atomic mass is 79.9. The topological polar surface area (TPSA) is 125 Å². The standard InChI is InChI=1S/C44H31N3O.C24H20BNO2.C20H13BrN2O/c1-4-14-34(15-5-1)43-45-46-44(48-43)35-26-24-32(25-27-35)39-20-10-12-22-41(39)42-23-13-11-21-40(42)33-28-30-38(31-29-33)47(36-16-6-2-7-17-36)37-18-8-3-9-19-37;27-25(28)24-14-8-7-13-23(24)19-15-17-22(18-16-19)26(20-9-3-1-4-10-20)21-11-5-2-6-12-21;21-18-9-5-4-8-17(18)14-10-12-16(13-11-14)20-23-22-19(24-20)15-6-2-1-3-7-15/h1-31H;1-18,27-28H;1-13H. The van der Waals surface area contributed by atoms with Crippen molar-refractivity contribution >= 4 is 62.6 Å². The lowest BCUT2D eigenvalue weighted by atomic mass is 9.75. The van der Waals surface area contributed by atoms with Crippen molar-refractivity contribution in [2.75, 3.05) is 9.80 Å². The number of rotatable bonds is 16. The zero-order chi connectivity index (χ0) is 67.8. The van der Waals surface area contributed by atoms with E-state index in [1.165, 1.54) is 16.7 Å². The van der Waals surface area contributed by atoms with Crippen molar-refractivity contribution in [3.05, 3.63) is 381 Å². The van der Waals surface area contributed by atoms with E-state index < -0.39 is 7.12 Å². The first kappa shape index (κ1) is 64.7. The quantitative estimate of drug-likeness (QED) is 0.0904. The first-order chi connectivity index (χ1) is 49.4. The number of hydrogen-bond donors (Lipinski definition) is 2. The van der Waals surface area contributed by atoms with Gasteiger partial charge in [-0.3, -0.25) is 0 Å². The van der Waals surface area contributed by atoms with Crippen LogP contribution < -0.4 is 15.3 Å². The second-order valence-corrected chi connectivity index (χ2v) is 24.2. The molecule has 10 nitrogen and oxygen atoms in total. The predicted molar refractivity (Wildman–Crippen MR) is 411 cm³/mol. The van der Waals surface area contributed by atoms with Crippen LogP contribution in [0.4, 0.5) is 34.1 Å². The van der Waals surface area contributed by atoms with Gasteiger partial charge in [0.05, 0.1) is 0 Å². The monoisotopic (exact) mass is 1360 g/mol. The summed E-state index contributed by atoms with van der Waals surface area (Å²) in [6.07, 6.45) is 0. The Balaban J connectivity index is 0.000000139. The number of benzene rings is 14. The first-order valence-electron chi connectivity index (χ1n) is 32.8. The van der Waals surface area contributed by atoms with Crippen LogP contribution in [0.15, 0.2) is 389 Å². The number of nitrogens with zero attached hydrogens (tertiary/aromatic N) is 6. The Hall–Kier alpha value is -12.6. The molecule has 0 bridgehead atoms. The zero-order valence-electron chi connectivity index (χ0n) is 54.1. The highest BCUT2D eigenvalue weighted by Gasteiger charge is 2.20. The molecule has 0 fully saturated rings. The molecule has 0 aliphatic heterocycles. The smallest absolute Gasteiger partial charge is 0.423 e. The van der Waals surface area contributed by atoms with Crippen LogP contribution in [0.2, 0.25) is 0 Å². The third-order valence-electron chi connectivity index (χ3n) is 17.0. The summed E-state index contributed by atoms with van der Waals surface area (Å²) in [6, 6.07) is 127. The first-order valence-corrected chi connectivity index (χ1v) is 33.5. The second-order valence-electron chi connectivity index (χ2n) is 23.4. The Morgan fingerprint density at radius 1 is 0.220 bits per heavy atom. The second kappa shape index (κ2) is 31.1. The van der Waals surface area contributed by atoms with Gasteiger partial charge in [0.2, 0.25) is 23.6 Å². The molecule has 0 spiro atoms. The maximum Gasteiger partial charge on any atom is 0.489 e. The van der Waals surface area contributed by atoms with E-state index in [9.17, 15) is 10.0 Å². The van der Waals surface area contributed by atoms with Crippen molar-refractivity contribution in [1.82, 2.24) is 20.4 Å². The molecular weight excluding hydrogens is 1300 g/mol. The normalized spacial score (nSPS) is 10.8. The summed E-state index contributed by atoms with van der Waals surface area (Å²) in [5.41, 5.74) is 21.6. The molecule has 0 saturated carbocycles. The summed E-state index contributed by atoms with van der Waals surface area (Å²) in [4.78, 5) is 4.47. The van der Waals surface area contributed by atoms with Gasteiger partial charge in [0.25, 0.3) is 0 Å². The molecule has 0 aliphatic carbocycles. The summed E-state index contributed by atoms with van der Waals surface area (Å²) in [7, 11) is -1.50. The molecule has 2 heterocycles. The average molecular weight is 1360 g/mol. The molecule has 16 aromatic rings. The van der Waals surface area contributed by atoms with E-state index in [1.807, 2.05) is 176 Å². The molecular formula is C88H64BBrN6O4. The highest BCUT2D eigenvalue weighted by molar-refractivity contribution is 9.10. The van der Waals surface area contributed by atoms with Gasteiger partial charge >= 0.3 is 7.12 Å². The zero-order valence-corrected chi connectivity index (χ0v) is 55.7. The van der Waals surface area contributed by atoms with Crippen LogP contribution in [0.25, 0.3) is 101 Å². The van der Waals surface area contributed by atoms with Gasteiger partial charge in [0.1, 0.15) is 0 Å². The largest absolute Gasteiger partial charge is 0.489 e. The van der Waals surface area contributed by atoms with Gasteiger partial charge in [-0.25, -0.2) is 0 Å². The summed E-state index contributed by atoms with van der Waals surface area (Å²) in [5.74, 6) is 2.06. The summed E-state index contributed by atoms with van der Waals surface area (Å²) in [5, 5.41) is 36.2. The summed E-state index contributed by atoms with van der Waals surface area (Å²) in [6.45, 7) is 0. The Kier molecular flexibility index (Phi) is 20.1. The fourth-order valence-corrected chi connectivity index (χ4v) is 12.6. The lowest BCUT2D eigenvalue weighted by molar-refractivity contribution is 0.426. The van der Waals surface area contributed by atoms with Crippen LogP contribution in [0.3, 0.4) is 0 Å². The van der Waals surface area contributed by atoms with Crippen molar-refractivity contribution in [1.29, 1.82) is 0 Å². The van der Waals surface area contributed by atoms with Gasteiger partial charge in [0, 0.05) is 60.9 Å². The van der Waals surface area contributed by atoms with E-state index in [0.717, 1.165) is 99.8 Å². The molecule has 0 atom stereocenters. The summed E-state index contributed by atoms with van der Waals surface area (Å²) >= 11 is 3.58. The Bertz CT molecular complexity index is 5190. The predicted octanol–water partition coefficient (Wildman–Crippen LogP) is 22.2.